The monoisotopic (exact) mass is 409 g/mol. The van der Waals surface area contributed by atoms with E-state index in [4.69, 9.17) is 21.3 Å². The molecule has 1 aliphatic heterocycles. The lowest BCUT2D eigenvalue weighted by molar-refractivity contribution is -0.118. The summed E-state index contributed by atoms with van der Waals surface area (Å²) in [5.74, 6) is 0.708. The number of nitrogens with zero attached hydrogens (tertiary/aromatic N) is 2. The van der Waals surface area contributed by atoms with E-state index in [1.165, 1.54) is 5.56 Å². The molecule has 2 aromatic carbocycles. The molecule has 0 bridgehead atoms. The fourth-order valence-electron chi connectivity index (χ4n) is 3.92. The molecule has 0 spiro atoms. The number of ether oxygens (including phenoxy) is 1. The molecule has 1 atom stereocenters. The molecule has 3 aromatic rings. The molecule has 1 unspecified atom stereocenters. The van der Waals surface area contributed by atoms with Crippen molar-refractivity contribution in [1.82, 2.24) is 4.98 Å². The van der Waals surface area contributed by atoms with Gasteiger partial charge in [-0.15, -0.1) is 0 Å². The van der Waals surface area contributed by atoms with Crippen LogP contribution in [0.2, 0.25) is 5.02 Å². The normalized spacial score (nSPS) is 17.3. The molecular weight excluding hydrogens is 386 g/mol. The van der Waals surface area contributed by atoms with Gasteiger partial charge in [0.1, 0.15) is 5.75 Å². The van der Waals surface area contributed by atoms with Crippen LogP contribution in [0.15, 0.2) is 53.7 Å². The summed E-state index contributed by atoms with van der Waals surface area (Å²) in [6.45, 7) is 3.31. The summed E-state index contributed by atoms with van der Waals surface area (Å²) in [5, 5.41) is 1.86. The third-order valence-electron chi connectivity index (χ3n) is 5.55. The number of carbonyl (C=O) groups excluding carboxylic acids is 1. The fourth-order valence-corrected chi connectivity index (χ4v) is 4.09. The lowest BCUT2D eigenvalue weighted by atomic mass is 10.0. The standard InChI is InChI=1S/C23H24ClN3O2/c1-15(25-10-8-16-14-26-22-7-6-17(24)12-21(16)22)20-9-11-27(23(20)28)18-4-3-5-19(13-18)29-2/h3-7,12-14,20,26H,8-11H2,1-2H3. The second-order valence-electron chi connectivity index (χ2n) is 7.31. The first-order valence-electron chi connectivity index (χ1n) is 9.78. The Bertz CT molecular complexity index is 1070. The van der Waals surface area contributed by atoms with E-state index in [0.717, 1.165) is 45.9 Å². The molecule has 150 valence electrons. The van der Waals surface area contributed by atoms with Gasteiger partial charge in [-0.2, -0.15) is 0 Å². The first kappa shape index (κ1) is 19.5. The number of methoxy groups -OCH3 is 1. The maximum atomic E-state index is 12.9. The summed E-state index contributed by atoms with van der Waals surface area (Å²) in [6.07, 6.45) is 3.60. The van der Waals surface area contributed by atoms with Gasteiger partial charge < -0.3 is 14.6 Å². The first-order chi connectivity index (χ1) is 14.1. The third kappa shape index (κ3) is 4.01. The van der Waals surface area contributed by atoms with Crippen LogP contribution in [-0.4, -0.2) is 36.8 Å². The highest BCUT2D eigenvalue weighted by Crippen LogP contribution is 2.29. The molecule has 2 heterocycles. The van der Waals surface area contributed by atoms with Gasteiger partial charge in [0.2, 0.25) is 5.91 Å². The molecule has 0 radical (unpaired) electrons. The molecule has 1 aliphatic rings. The molecule has 0 saturated carbocycles. The SMILES string of the molecule is COc1cccc(N2CCC(C(C)=NCCc3c[nH]c4ccc(Cl)cc34)C2=O)c1. The Balaban J connectivity index is 1.42. The first-order valence-corrected chi connectivity index (χ1v) is 10.2. The highest BCUT2D eigenvalue weighted by Gasteiger charge is 2.34. The number of aromatic nitrogens is 1. The lowest BCUT2D eigenvalue weighted by Crippen LogP contribution is -2.29. The van der Waals surface area contributed by atoms with Crippen molar-refractivity contribution in [2.24, 2.45) is 10.9 Å². The van der Waals surface area contributed by atoms with E-state index >= 15 is 0 Å². The molecule has 6 heteroatoms. The zero-order valence-electron chi connectivity index (χ0n) is 16.6. The van der Waals surface area contributed by atoms with Crippen molar-refractivity contribution in [3.8, 4) is 5.75 Å². The second kappa shape index (κ2) is 8.29. The van der Waals surface area contributed by atoms with E-state index < -0.39 is 0 Å². The summed E-state index contributed by atoms with van der Waals surface area (Å²) in [6, 6.07) is 13.5. The zero-order chi connectivity index (χ0) is 20.4. The van der Waals surface area contributed by atoms with E-state index in [-0.39, 0.29) is 11.8 Å². The van der Waals surface area contributed by atoms with Crippen molar-refractivity contribution in [2.45, 2.75) is 19.8 Å². The van der Waals surface area contributed by atoms with Crippen LogP contribution in [0.3, 0.4) is 0 Å². The smallest absolute Gasteiger partial charge is 0.235 e. The lowest BCUT2D eigenvalue weighted by Gasteiger charge is -2.17. The Morgan fingerprint density at radius 3 is 3.00 bits per heavy atom. The minimum absolute atomic E-state index is 0.110. The summed E-state index contributed by atoms with van der Waals surface area (Å²) >= 11 is 6.13. The number of aliphatic imine (C=N–C) groups is 1. The van der Waals surface area contributed by atoms with Gasteiger partial charge in [-0.1, -0.05) is 17.7 Å². The number of rotatable bonds is 6. The molecule has 4 rings (SSSR count). The minimum Gasteiger partial charge on any atom is -0.497 e. The van der Waals surface area contributed by atoms with Gasteiger partial charge in [-0.25, -0.2) is 0 Å². The van der Waals surface area contributed by atoms with Gasteiger partial charge >= 0.3 is 0 Å². The van der Waals surface area contributed by atoms with E-state index in [1.807, 2.05) is 60.5 Å². The number of amides is 1. The summed E-state index contributed by atoms with van der Waals surface area (Å²) in [5.41, 5.74) is 4.04. The average molecular weight is 410 g/mol. The number of fused-ring (bicyclic) bond motifs is 1. The molecule has 29 heavy (non-hydrogen) atoms. The molecular formula is C23H24ClN3O2. The number of hydrogen-bond acceptors (Lipinski definition) is 3. The number of nitrogens with one attached hydrogen (secondary N) is 1. The van der Waals surface area contributed by atoms with E-state index in [2.05, 4.69) is 4.98 Å². The van der Waals surface area contributed by atoms with Crippen molar-refractivity contribution in [3.05, 3.63) is 59.2 Å². The van der Waals surface area contributed by atoms with Gasteiger partial charge in [0.25, 0.3) is 0 Å². The average Bonchev–Trinajstić information content (AvgIpc) is 3.31. The zero-order valence-corrected chi connectivity index (χ0v) is 17.4. The Morgan fingerprint density at radius 1 is 1.31 bits per heavy atom. The van der Waals surface area contributed by atoms with Crippen LogP contribution in [0, 0.1) is 5.92 Å². The Labute approximate surface area is 175 Å². The number of halogens is 1. The number of hydrogen-bond donors (Lipinski definition) is 1. The Kier molecular flexibility index (Phi) is 5.58. The van der Waals surface area contributed by atoms with Crippen LogP contribution >= 0.6 is 11.6 Å². The quantitative estimate of drug-likeness (QED) is 0.589. The van der Waals surface area contributed by atoms with Crippen molar-refractivity contribution in [2.75, 3.05) is 25.1 Å². The Morgan fingerprint density at radius 2 is 2.17 bits per heavy atom. The van der Waals surface area contributed by atoms with Gasteiger partial charge in [-0.05, 0) is 55.7 Å². The van der Waals surface area contributed by atoms with Crippen molar-refractivity contribution in [1.29, 1.82) is 0 Å². The molecule has 1 fully saturated rings. The van der Waals surface area contributed by atoms with Crippen molar-refractivity contribution in [3.63, 3.8) is 0 Å². The topological polar surface area (TPSA) is 57.7 Å². The molecule has 0 aliphatic carbocycles. The molecule has 1 amide bonds. The molecule has 1 aromatic heterocycles. The fraction of sp³-hybridized carbons (Fsp3) is 0.304. The van der Waals surface area contributed by atoms with Crippen LogP contribution in [0.25, 0.3) is 10.9 Å². The predicted molar refractivity (Wildman–Crippen MR) is 118 cm³/mol. The Hall–Kier alpha value is -2.79. The maximum Gasteiger partial charge on any atom is 0.235 e. The minimum atomic E-state index is -0.154. The summed E-state index contributed by atoms with van der Waals surface area (Å²) in [4.78, 5) is 22.8. The molecule has 1 N–H and O–H groups in total. The number of aromatic amines is 1. The van der Waals surface area contributed by atoms with Crippen molar-refractivity contribution >= 4 is 39.8 Å². The van der Waals surface area contributed by atoms with Gasteiger partial charge in [0.05, 0.1) is 13.0 Å². The summed E-state index contributed by atoms with van der Waals surface area (Å²) < 4.78 is 5.28. The van der Waals surface area contributed by atoms with Gasteiger partial charge in [-0.3, -0.25) is 9.79 Å². The van der Waals surface area contributed by atoms with E-state index in [9.17, 15) is 4.79 Å². The van der Waals surface area contributed by atoms with E-state index in [1.54, 1.807) is 7.11 Å². The molecule has 1 saturated heterocycles. The highest BCUT2D eigenvalue weighted by molar-refractivity contribution is 6.31. The van der Waals surface area contributed by atoms with Gasteiger partial charge in [0.15, 0.2) is 0 Å². The van der Waals surface area contributed by atoms with Crippen LogP contribution < -0.4 is 9.64 Å². The summed E-state index contributed by atoms with van der Waals surface area (Å²) in [7, 11) is 1.63. The highest BCUT2D eigenvalue weighted by atomic mass is 35.5. The second-order valence-corrected chi connectivity index (χ2v) is 7.75. The van der Waals surface area contributed by atoms with Crippen LogP contribution in [0.1, 0.15) is 18.9 Å². The maximum absolute atomic E-state index is 12.9. The number of H-pyrrole nitrogens is 1. The van der Waals surface area contributed by atoms with Crippen LogP contribution in [0.4, 0.5) is 5.69 Å². The third-order valence-corrected chi connectivity index (χ3v) is 5.78. The number of anilines is 1. The molecule has 5 nitrogen and oxygen atoms in total. The van der Waals surface area contributed by atoms with Crippen LogP contribution in [-0.2, 0) is 11.2 Å². The largest absolute Gasteiger partial charge is 0.497 e. The van der Waals surface area contributed by atoms with Crippen molar-refractivity contribution < 1.29 is 9.53 Å². The predicted octanol–water partition coefficient (Wildman–Crippen LogP) is 4.89. The van der Waals surface area contributed by atoms with Gasteiger partial charge in [0, 0.05) is 52.7 Å². The van der Waals surface area contributed by atoms with Crippen LogP contribution in [0.5, 0.6) is 5.75 Å². The van der Waals surface area contributed by atoms with E-state index in [0.29, 0.717) is 13.1 Å². The number of benzene rings is 2. The number of carbonyl (C=O) groups is 1.